The van der Waals surface area contributed by atoms with E-state index in [2.05, 4.69) is 21.2 Å². The van der Waals surface area contributed by atoms with Crippen LogP contribution >= 0.6 is 27.5 Å². The summed E-state index contributed by atoms with van der Waals surface area (Å²) in [6, 6.07) is 4.08. The lowest BCUT2D eigenvalue weighted by atomic mass is 9.89. The SMILES string of the molecule is O=C(NCC1(CBr)CCCC1)c1ccc(Cl)cc1[N+](=O)[O-]. The average molecular weight is 376 g/mol. The standard InChI is InChI=1S/C14H16BrClN2O3/c15-8-14(5-1-2-6-14)9-17-13(19)11-4-3-10(16)7-12(11)18(20)21/h3-4,7H,1-2,5-6,8-9H2,(H,17,19). The number of hydrogen-bond donors (Lipinski definition) is 1. The monoisotopic (exact) mass is 374 g/mol. The van der Waals surface area contributed by atoms with Crippen LogP contribution in [0.1, 0.15) is 36.0 Å². The number of halogens is 2. The number of alkyl halides is 1. The van der Waals surface area contributed by atoms with Crippen LogP contribution in [0.4, 0.5) is 5.69 Å². The summed E-state index contributed by atoms with van der Waals surface area (Å²) in [7, 11) is 0. The van der Waals surface area contributed by atoms with E-state index in [-0.39, 0.29) is 21.7 Å². The molecule has 5 nitrogen and oxygen atoms in total. The number of carbonyl (C=O) groups is 1. The van der Waals surface area contributed by atoms with Gasteiger partial charge >= 0.3 is 0 Å². The normalized spacial score (nSPS) is 16.7. The van der Waals surface area contributed by atoms with Crippen molar-refractivity contribution in [2.24, 2.45) is 5.41 Å². The minimum Gasteiger partial charge on any atom is -0.351 e. The van der Waals surface area contributed by atoms with E-state index in [0.717, 1.165) is 31.0 Å². The summed E-state index contributed by atoms with van der Waals surface area (Å²) in [5, 5.41) is 14.9. The summed E-state index contributed by atoms with van der Waals surface area (Å²) < 4.78 is 0. The van der Waals surface area contributed by atoms with Crippen LogP contribution in [-0.4, -0.2) is 22.7 Å². The third-order valence-corrected chi connectivity index (χ3v) is 5.40. The van der Waals surface area contributed by atoms with Gasteiger partial charge in [0.05, 0.1) is 4.92 Å². The fourth-order valence-corrected chi connectivity index (χ4v) is 3.62. The molecule has 0 spiro atoms. The number of nitro groups is 1. The van der Waals surface area contributed by atoms with Crippen LogP contribution in [-0.2, 0) is 0 Å². The zero-order chi connectivity index (χ0) is 15.5. The Morgan fingerprint density at radius 2 is 2.10 bits per heavy atom. The smallest absolute Gasteiger partial charge is 0.283 e. The highest BCUT2D eigenvalue weighted by atomic mass is 79.9. The van der Waals surface area contributed by atoms with Crippen molar-refractivity contribution in [2.45, 2.75) is 25.7 Å². The minimum atomic E-state index is -0.587. The molecular weight excluding hydrogens is 360 g/mol. The summed E-state index contributed by atoms with van der Waals surface area (Å²) in [6.45, 7) is 0.525. The number of benzene rings is 1. The fourth-order valence-electron chi connectivity index (χ4n) is 2.69. The summed E-state index contributed by atoms with van der Waals surface area (Å²) in [5.41, 5.74) is -0.150. The van der Waals surface area contributed by atoms with Gasteiger partial charge in [-0.3, -0.25) is 14.9 Å². The predicted molar refractivity (Wildman–Crippen MR) is 85.1 cm³/mol. The van der Waals surface area contributed by atoms with Crippen LogP contribution in [0.25, 0.3) is 0 Å². The Hall–Kier alpha value is -1.14. The Morgan fingerprint density at radius 1 is 1.43 bits per heavy atom. The highest BCUT2D eigenvalue weighted by Crippen LogP contribution is 2.39. The van der Waals surface area contributed by atoms with Crippen LogP contribution in [0.2, 0.25) is 5.02 Å². The molecule has 114 valence electrons. The fraction of sp³-hybridized carbons (Fsp3) is 0.500. The maximum absolute atomic E-state index is 12.2. The molecule has 1 aromatic carbocycles. The lowest BCUT2D eigenvalue weighted by Gasteiger charge is -2.26. The number of nitrogens with one attached hydrogen (secondary N) is 1. The van der Waals surface area contributed by atoms with Crippen molar-refractivity contribution in [1.29, 1.82) is 0 Å². The number of hydrogen-bond acceptors (Lipinski definition) is 3. The number of rotatable bonds is 5. The van der Waals surface area contributed by atoms with Gasteiger partial charge in [-0.25, -0.2) is 0 Å². The Balaban J connectivity index is 2.12. The second kappa shape index (κ2) is 6.75. The quantitative estimate of drug-likeness (QED) is 0.481. The van der Waals surface area contributed by atoms with Gasteiger partial charge in [0, 0.05) is 23.0 Å². The van der Waals surface area contributed by atoms with Gasteiger partial charge in [0.15, 0.2) is 0 Å². The molecule has 1 amide bonds. The molecule has 0 aliphatic heterocycles. The van der Waals surface area contributed by atoms with E-state index < -0.39 is 10.8 Å². The molecule has 0 unspecified atom stereocenters. The van der Waals surface area contributed by atoms with Crippen molar-refractivity contribution >= 4 is 39.1 Å². The third-order valence-electron chi connectivity index (χ3n) is 3.97. The van der Waals surface area contributed by atoms with Crippen LogP contribution in [0.3, 0.4) is 0 Å². The predicted octanol–water partition coefficient (Wildman–Crippen LogP) is 3.93. The van der Waals surface area contributed by atoms with Gasteiger partial charge in [-0.1, -0.05) is 40.4 Å². The number of amides is 1. The molecule has 1 N–H and O–H groups in total. The molecule has 1 aliphatic rings. The van der Waals surface area contributed by atoms with E-state index in [1.165, 1.54) is 18.2 Å². The molecule has 0 bridgehead atoms. The number of carbonyl (C=O) groups excluding carboxylic acids is 1. The lowest BCUT2D eigenvalue weighted by Crippen LogP contribution is -2.37. The lowest BCUT2D eigenvalue weighted by molar-refractivity contribution is -0.385. The second-order valence-corrected chi connectivity index (χ2v) is 6.44. The van der Waals surface area contributed by atoms with Crippen LogP contribution < -0.4 is 5.32 Å². The van der Waals surface area contributed by atoms with Gasteiger partial charge in [0.2, 0.25) is 0 Å². The molecule has 0 heterocycles. The summed E-state index contributed by atoms with van der Waals surface area (Å²) in [6.07, 6.45) is 4.42. The molecule has 0 aromatic heterocycles. The van der Waals surface area contributed by atoms with E-state index in [9.17, 15) is 14.9 Å². The molecule has 0 atom stereocenters. The molecular formula is C14H16BrClN2O3. The van der Waals surface area contributed by atoms with Crippen molar-refractivity contribution in [3.8, 4) is 0 Å². The zero-order valence-electron chi connectivity index (χ0n) is 11.4. The molecule has 7 heteroatoms. The third kappa shape index (κ3) is 3.74. The van der Waals surface area contributed by atoms with Gasteiger partial charge in [0.25, 0.3) is 11.6 Å². The first-order valence-corrected chi connectivity index (χ1v) is 8.25. The second-order valence-electron chi connectivity index (χ2n) is 5.44. The van der Waals surface area contributed by atoms with Crippen molar-refractivity contribution in [3.63, 3.8) is 0 Å². The van der Waals surface area contributed by atoms with Crippen molar-refractivity contribution in [1.82, 2.24) is 5.32 Å². The molecule has 1 aromatic rings. The Morgan fingerprint density at radius 3 is 2.67 bits per heavy atom. The highest BCUT2D eigenvalue weighted by molar-refractivity contribution is 9.09. The molecule has 1 saturated carbocycles. The molecule has 21 heavy (non-hydrogen) atoms. The van der Waals surface area contributed by atoms with E-state index in [1.807, 2.05) is 0 Å². The summed E-state index contributed by atoms with van der Waals surface area (Å²) in [4.78, 5) is 22.7. The van der Waals surface area contributed by atoms with E-state index >= 15 is 0 Å². The Labute approximate surface area is 136 Å². The van der Waals surface area contributed by atoms with Crippen LogP contribution in [0.5, 0.6) is 0 Å². The molecule has 0 saturated heterocycles. The van der Waals surface area contributed by atoms with E-state index in [1.54, 1.807) is 0 Å². The van der Waals surface area contributed by atoms with Crippen molar-refractivity contribution < 1.29 is 9.72 Å². The zero-order valence-corrected chi connectivity index (χ0v) is 13.7. The Kier molecular flexibility index (Phi) is 5.22. The molecule has 1 fully saturated rings. The van der Waals surface area contributed by atoms with Crippen molar-refractivity contribution in [2.75, 3.05) is 11.9 Å². The van der Waals surface area contributed by atoms with E-state index in [4.69, 9.17) is 11.6 Å². The molecule has 0 radical (unpaired) electrons. The van der Waals surface area contributed by atoms with Gasteiger partial charge < -0.3 is 5.32 Å². The van der Waals surface area contributed by atoms with Crippen LogP contribution in [0, 0.1) is 15.5 Å². The maximum atomic E-state index is 12.2. The topological polar surface area (TPSA) is 72.2 Å². The highest BCUT2D eigenvalue weighted by Gasteiger charge is 2.33. The average Bonchev–Trinajstić information content (AvgIpc) is 2.94. The first-order chi connectivity index (χ1) is 9.97. The number of nitro benzene ring substituents is 1. The first kappa shape index (κ1) is 16.2. The van der Waals surface area contributed by atoms with Gasteiger partial charge in [-0.15, -0.1) is 0 Å². The van der Waals surface area contributed by atoms with Crippen molar-refractivity contribution in [3.05, 3.63) is 38.9 Å². The number of nitrogens with zero attached hydrogens (tertiary/aromatic N) is 1. The van der Waals surface area contributed by atoms with E-state index in [0.29, 0.717) is 6.54 Å². The minimum absolute atomic E-state index is 0.0483. The van der Waals surface area contributed by atoms with Gasteiger partial charge in [-0.05, 0) is 30.4 Å². The van der Waals surface area contributed by atoms with Gasteiger partial charge in [-0.2, -0.15) is 0 Å². The Bertz CT molecular complexity index is 559. The first-order valence-electron chi connectivity index (χ1n) is 6.75. The molecule has 2 rings (SSSR count). The maximum Gasteiger partial charge on any atom is 0.283 e. The summed E-state index contributed by atoms with van der Waals surface area (Å²) >= 11 is 9.26. The van der Waals surface area contributed by atoms with Gasteiger partial charge in [0.1, 0.15) is 5.56 Å². The van der Waals surface area contributed by atoms with Crippen LogP contribution in [0.15, 0.2) is 18.2 Å². The summed E-state index contributed by atoms with van der Waals surface area (Å²) in [5.74, 6) is -0.425. The largest absolute Gasteiger partial charge is 0.351 e. The molecule has 1 aliphatic carbocycles.